The van der Waals surface area contributed by atoms with Gasteiger partial charge in [0.1, 0.15) is 5.82 Å². The summed E-state index contributed by atoms with van der Waals surface area (Å²) in [5.74, 6) is 1.07. The maximum atomic E-state index is 11.4. The average Bonchev–Trinajstić information content (AvgIpc) is 2.86. The third-order valence-corrected chi connectivity index (χ3v) is 3.63. The molecule has 0 bridgehead atoms. The Morgan fingerprint density at radius 1 is 1.40 bits per heavy atom. The number of carbonyl (C=O) groups is 1. The van der Waals surface area contributed by atoms with Crippen molar-refractivity contribution in [3.63, 3.8) is 0 Å². The summed E-state index contributed by atoms with van der Waals surface area (Å²) in [6.45, 7) is 0.857. The Labute approximate surface area is 116 Å². The lowest BCUT2D eigenvalue weighted by Crippen LogP contribution is -2.18. The van der Waals surface area contributed by atoms with Crippen LogP contribution in [-0.4, -0.2) is 27.8 Å². The van der Waals surface area contributed by atoms with Gasteiger partial charge in [0.15, 0.2) is 0 Å². The number of methoxy groups -OCH3 is 1. The van der Waals surface area contributed by atoms with Crippen LogP contribution in [0.1, 0.15) is 40.5 Å². The smallest absolute Gasteiger partial charge is 0.337 e. The zero-order chi connectivity index (χ0) is 14.1. The molecule has 20 heavy (non-hydrogen) atoms. The van der Waals surface area contributed by atoms with Gasteiger partial charge in [0.25, 0.3) is 0 Å². The van der Waals surface area contributed by atoms with Crippen molar-refractivity contribution in [1.82, 2.24) is 14.8 Å². The first kappa shape index (κ1) is 12.7. The molecule has 1 atom stereocenters. The largest absolute Gasteiger partial charge is 0.465 e. The molecule has 0 radical (unpaired) electrons. The Bertz CT molecular complexity index is 633. The van der Waals surface area contributed by atoms with Gasteiger partial charge in [0.2, 0.25) is 5.95 Å². The molecule has 0 aliphatic carbocycles. The van der Waals surface area contributed by atoms with Gasteiger partial charge in [-0.2, -0.15) is 4.98 Å². The monoisotopic (exact) mass is 272 g/mol. The maximum Gasteiger partial charge on any atom is 0.337 e. The molecule has 6 nitrogen and oxygen atoms in total. The highest BCUT2D eigenvalue weighted by atomic mass is 16.5. The topological polar surface area (TPSA) is 83.0 Å². The summed E-state index contributed by atoms with van der Waals surface area (Å²) in [6.07, 6.45) is 2.05. The van der Waals surface area contributed by atoms with E-state index in [1.54, 1.807) is 12.1 Å². The zero-order valence-electron chi connectivity index (χ0n) is 11.2. The Hall–Kier alpha value is -2.37. The van der Waals surface area contributed by atoms with Crippen molar-refractivity contribution in [3.8, 4) is 0 Å². The molecular formula is C14H16N4O2. The normalized spacial score (nSPS) is 17.6. The van der Waals surface area contributed by atoms with Crippen LogP contribution in [0, 0.1) is 0 Å². The van der Waals surface area contributed by atoms with Gasteiger partial charge >= 0.3 is 5.97 Å². The lowest BCUT2D eigenvalue weighted by Gasteiger charge is -2.22. The van der Waals surface area contributed by atoms with Crippen LogP contribution in [0.3, 0.4) is 0 Å². The van der Waals surface area contributed by atoms with E-state index in [-0.39, 0.29) is 11.9 Å². The molecule has 0 saturated carbocycles. The first-order valence-corrected chi connectivity index (χ1v) is 6.57. The van der Waals surface area contributed by atoms with Crippen molar-refractivity contribution >= 4 is 11.9 Å². The van der Waals surface area contributed by atoms with E-state index in [0.29, 0.717) is 11.5 Å². The van der Waals surface area contributed by atoms with E-state index < -0.39 is 0 Å². The summed E-state index contributed by atoms with van der Waals surface area (Å²) in [5.41, 5.74) is 7.34. The quantitative estimate of drug-likeness (QED) is 0.839. The molecule has 2 N–H and O–H groups in total. The fourth-order valence-electron chi connectivity index (χ4n) is 2.65. The molecule has 6 heteroatoms. The number of benzene rings is 1. The summed E-state index contributed by atoms with van der Waals surface area (Å²) >= 11 is 0. The van der Waals surface area contributed by atoms with Gasteiger partial charge in [-0.15, -0.1) is 5.10 Å². The highest BCUT2D eigenvalue weighted by Crippen LogP contribution is 2.32. The molecule has 1 aromatic heterocycles. The van der Waals surface area contributed by atoms with E-state index >= 15 is 0 Å². The Balaban J connectivity index is 1.92. The summed E-state index contributed by atoms with van der Waals surface area (Å²) in [7, 11) is 1.38. The Kier molecular flexibility index (Phi) is 3.14. The fraction of sp³-hybridized carbons (Fsp3) is 0.357. The van der Waals surface area contributed by atoms with E-state index in [9.17, 15) is 4.79 Å². The summed E-state index contributed by atoms with van der Waals surface area (Å²) in [5, 5.41) is 4.20. The number of aromatic nitrogens is 3. The highest BCUT2D eigenvalue weighted by Gasteiger charge is 2.25. The van der Waals surface area contributed by atoms with Crippen LogP contribution in [0.5, 0.6) is 0 Å². The van der Waals surface area contributed by atoms with Crippen molar-refractivity contribution in [2.75, 3.05) is 12.8 Å². The highest BCUT2D eigenvalue weighted by molar-refractivity contribution is 5.89. The molecule has 1 aliphatic heterocycles. The molecule has 0 amide bonds. The fourth-order valence-corrected chi connectivity index (χ4v) is 2.65. The van der Waals surface area contributed by atoms with E-state index in [1.165, 1.54) is 7.11 Å². The molecule has 0 fully saturated rings. The number of rotatable bonds is 2. The number of fused-ring (bicyclic) bond motifs is 1. The molecule has 2 heterocycles. The van der Waals surface area contributed by atoms with Crippen LogP contribution < -0.4 is 5.73 Å². The Morgan fingerprint density at radius 3 is 2.85 bits per heavy atom. The molecule has 1 unspecified atom stereocenters. The van der Waals surface area contributed by atoms with E-state index in [2.05, 4.69) is 10.1 Å². The molecule has 3 rings (SSSR count). The van der Waals surface area contributed by atoms with E-state index in [0.717, 1.165) is 30.8 Å². The lowest BCUT2D eigenvalue weighted by molar-refractivity contribution is 0.0600. The predicted molar refractivity (Wildman–Crippen MR) is 73.3 cm³/mol. The number of nitrogens with zero attached hydrogens (tertiary/aromatic N) is 3. The second kappa shape index (κ2) is 4.96. The number of nitrogen functional groups attached to an aromatic ring is 1. The van der Waals surface area contributed by atoms with Crippen molar-refractivity contribution in [2.24, 2.45) is 0 Å². The third kappa shape index (κ3) is 2.13. The number of aryl methyl sites for hydroxylation is 1. The molecule has 104 valence electrons. The average molecular weight is 272 g/mol. The second-order valence-corrected chi connectivity index (χ2v) is 4.86. The van der Waals surface area contributed by atoms with Crippen molar-refractivity contribution in [3.05, 3.63) is 41.2 Å². The number of nitrogens with two attached hydrogens (primary N) is 1. The van der Waals surface area contributed by atoms with Gasteiger partial charge in [0.05, 0.1) is 12.7 Å². The van der Waals surface area contributed by atoms with Gasteiger partial charge in [-0.1, -0.05) is 12.1 Å². The van der Waals surface area contributed by atoms with Crippen molar-refractivity contribution < 1.29 is 9.53 Å². The third-order valence-electron chi connectivity index (χ3n) is 3.63. The first-order valence-electron chi connectivity index (χ1n) is 6.57. The van der Waals surface area contributed by atoms with Gasteiger partial charge in [-0.25, -0.2) is 9.48 Å². The van der Waals surface area contributed by atoms with Crippen LogP contribution in [0.15, 0.2) is 24.3 Å². The SMILES string of the molecule is COC(=O)c1ccc(C2CCCn3nc(N)nc32)cc1. The standard InChI is InChI=1S/C14H16N4O2/c1-20-13(19)10-6-4-9(5-7-10)11-3-2-8-18-12(11)16-14(15)17-18/h4-7,11H,2-3,8H2,1H3,(H2,15,17). The molecule has 0 spiro atoms. The number of hydrogen-bond donors (Lipinski definition) is 1. The van der Waals surface area contributed by atoms with Crippen LogP contribution in [0.25, 0.3) is 0 Å². The van der Waals surface area contributed by atoms with Gasteiger partial charge in [-0.3, -0.25) is 0 Å². The van der Waals surface area contributed by atoms with E-state index in [4.69, 9.17) is 10.5 Å². The summed E-state index contributed by atoms with van der Waals surface area (Å²) < 4.78 is 6.57. The second-order valence-electron chi connectivity index (χ2n) is 4.86. The lowest BCUT2D eigenvalue weighted by atomic mass is 9.90. The van der Waals surface area contributed by atoms with Crippen LogP contribution in [-0.2, 0) is 11.3 Å². The van der Waals surface area contributed by atoms with Crippen molar-refractivity contribution in [1.29, 1.82) is 0 Å². The summed E-state index contributed by atoms with van der Waals surface area (Å²) in [6, 6.07) is 7.44. The molecule has 1 aromatic carbocycles. The minimum absolute atomic E-state index is 0.181. The molecular weight excluding hydrogens is 256 g/mol. The minimum Gasteiger partial charge on any atom is -0.465 e. The Morgan fingerprint density at radius 2 is 2.15 bits per heavy atom. The number of esters is 1. The minimum atomic E-state index is -0.326. The van der Waals surface area contributed by atoms with E-state index in [1.807, 2.05) is 16.8 Å². The molecule has 2 aromatic rings. The van der Waals surface area contributed by atoms with Crippen LogP contribution in [0.2, 0.25) is 0 Å². The van der Waals surface area contributed by atoms with Crippen LogP contribution >= 0.6 is 0 Å². The zero-order valence-corrected chi connectivity index (χ0v) is 11.2. The van der Waals surface area contributed by atoms with Crippen molar-refractivity contribution in [2.45, 2.75) is 25.3 Å². The maximum absolute atomic E-state index is 11.4. The predicted octanol–water partition coefficient (Wildman–Crippen LogP) is 1.57. The molecule has 1 aliphatic rings. The number of carbonyl (C=O) groups excluding carboxylic acids is 1. The molecule has 0 saturated heterocycles. The number of ether oxygens (including phenoxy) is 1. The van der Waals surface area contributed by atoms with Gasteiger partial charge < -0.3 is 10.5 Å². The first-order chi connectivity index (χ1) is 9.69. The number of anilines is 1. The van der Waals surface area contributed by atoms with Gasteiger partial charge in [0, 0.05) is 12.5 Å². The van der Waals surface area contributed by atoms with Gasteiger partial charge in [-0.05, 0) is 30.5 Å². The van der Waals surface area contributed by atoms with Crippen LogP contribution in [0.4, 0.5) is 5.95 Å². The summed E-state index contributed by atoms with van der Waals surface area (Å²) in [4.78, 5) is 15.8. The number of hydrogen-bond acceptors (Lipinski definition) is 5.